The maximum Gasteiger partial charge on any atom is 0.123 e. The molecule has 1 unspecified atom stereocenters. The highest BCUT2D eigenvalue weighted by Gasteiger charge is 2.20. The van der Waals surface area contributed by atoms with Crippen LogP contribution in [0.4, 0.5) is 8.78 Å². The van der Waals surface area contributed by atoms with Crippen molar-refractivity contribution in [3.8, 4) is 0 Å². The lowest BCUT2D eigenvalue weighted by Gasteiger charge is -2.15. The average molecular weight is 373 g/mol. The second-order valence-electron chi connectivity index (χ2n) is 7.02. The second kappa shape index (κ2) is 7.43. The van der Waals surface area contributed by atoms with Gasteiger partial charge in [0.1, 0.15) is 11.6 Å². The van der Waals surface area contributed by atoms with Gasteiger partial charge in [-0.05, 0) is 53.9 Å². The molecule has 1 aromatic heterocycles. The number of hydrogen-bond acceptors (Lipinski definition) is 0. The number of para-hydroxylation sites is 1. The molecule has 0 fully saturated rings. The lowest BCUT2D eigenvalue weighted by atomic mass is 9.88. The van der Waals surface area contributed by atoms with Gasteiger partial charge in [0, 0.05) is 29.6 Å². The van der Waals surface area contributed by atoms with Gasteiger partial charge in [-0.3, -0.25) is 0 Å². The summed E-state index contributed by atoms with van der Waals surface area (Å²) in [6.07, 6.45) is 4.10. The Hall–Kier alpha value is -3.20. The summed E-state index contributed by atoms with van der Waals surface area (Å²) < 4.78 is 28.9. The molecule has 28 heavy (non-hydrogen) atoms. The molecule has 4 aromatic rings. The van der Waals surface area contributed by atoms with E-state index >= 15 is 0 Å². The SMILES string of the molecule is Cc1c(C(/C=C/c2ccc(F)cc2)c2ccc(F)cc2)c2ccccc2n1C. The molecule has 0 amide bonds. The molecule has 0 aliphatic carbocycles. The number of nitrogens with zero attached hydrogens (tertiary/aromatic N) is 1. The van der Waals surface area contributed by atoms with Crippen molar-refractivity contribution in [3.63, 3.8) is 0 Å². The second-order valence-corrected chi connectivity index (χ2v) is 7.02. The zero-order valence-corrected chi connectivity index (χ0v) is 15.9. The van der Waals surface area contributed by atoms with Crippen molar-refractivity contribution >= 4 is 17.0 Å². The number of halogens is 2. The first kappa shape index (κ1) is 18.2. The Labute approximate surface area is 163 Å². The number of benzene rings is 3. The standard InChI is InChI=1S/C25H21F2N/c1-17-25(23-5-3-4-6-24(23)28(17)2)22(19-10-14-21(27)15-11-19)16-9-18-7-12-20(26)13-8-18/h3-16,22H,1-2H3/b16-9+. The summed E-state index contributed by atoms with van der Waals surface area (Å²) >= 11 is 0. The topological polar surface area (TPSA) is 4.93 Å². The Balaban J connectivity index is 1.87. The molecule has 3 heteroatoms. The van der Waals surface area contributed by atoms with E-state index in [4.69, 9.17) is 0 Å². The molecule has 1 heterocycles. The third-order valence-corrected chi connectivity index (χ3v) is 5.34. The average Bonchev–Trinajstić information content (AvgIpc) is 2.96. The van der Waals surface area contributed by atoms with Gasteiger partial charge < -0.3 is 4.57 Å². The molecule has 0 aliphatic rings. The van der Waals surface area contributed by atoms with Gasteiger partial charge in [0.25, 0.3) is 0 Å². The molecule has 0 saturated heterocycles. The molecule has 140 valence electrons. The first-order valence-electron chi connectivity index (χ1n) is 9.28. The van der Waals surface area contributed by atoms with Crippen LogP contribution in [0, 0.1) is 18.6 Å². The van der Waals surface area contributed by atoms with Gasteiger partial charge in [0.2, 0.25) is 0 Å². The van der Waals surface area contributed by atoms with Crippen LogP contribution in [0.5, 0.6) is 0 Å². The fraction of sp³-hybridized carbons (Fsp3) is 0.120. The highest BCUT2D eigenvalue weighted by atomic mass is 19.1. The normalized spacial score (nSPS) is 12.7. The highest BCUT2D eigenvalue weighted by molar-refractivity contribution is 5.87. The van der Waals surface area contributed by atoms with Crippen LogP contribution in [0.15, 0.2) is 78.9 Å². The predicted molar refractivity (Wildman–Crippen MR) is 111 cm³/mol. The third-order valence-electron chi connectivity index (χ3n) is 5.34. The largest absolute Gasteiger partial charge is 0.348 e. The summed E-state index contributed by atoms with van der Waals surface area (Å²) in [6.45, 7) is 2.11. The Morgan fingerprint density at radius 2 is 1.43 bits per heavy atom. The van der Waals surface area contributed by atoms with Gasteiger partial charge in [0.15, 0.2) is 0 Å². The first-order chi connectivity index (χ1) is 13.5. The van der Waals surface area contributed by atoms with Crippen molar-refractivity contribution in [2.75, 3.05) is 0 Å². The Bertz CT molecular complexity index is 1140. The van der Waals surface area contributed by atoms with E-state index in [1.807, 2.05) is 30.3 Å². The monoisotopic (exact) mass is 373 g/mol. The van der Waals surface area contributed by atoms with Crippen LogP contribution in [-0.2, 0) is 7.05 Å². The van der Waals surface area contributed by atoms with Crippen LogP contribution in [0.1, 0.15) is 28.3 Å². The summed E-state index contributed by atoms with van der Waals surface area (Å²) in [5.74, 6) is -0.548. The van der Waals surface area contributed by atoms with Gasteiger partial charge >= 0.3 is 0 Å². The predicted octanol–water partition coefficient (Wildman–Crippen LogP) is 6.61. The van der Waals surface area contributed by atoms with Crippen LogP contribution in [0.25, 0.3) is 17.0 Å². The molecule has 1 nitrogen and oxygen atoms in total. The van der Waals surface area contributed by atoms with E-state index in [1.54, 1.807) is 12.1 Å². The lowest BCUT2D eigenvalue weighted by molar-refractivity contribution is 0.627. The number of allylic oxidation sites excluding steroid dienone is 1. The van der Waals surface area contributed by atoms with E-state index in [0.717, 1.165) is 16.6 Å². The molecular weight excluding hydrogens is 352 g/mol. The van der Waals surface area contributed by atoms with Crippen LogP contribution in [0.2, 0.25) is 0 Å². The molecular formula is C25H21F2N. The Morgan fingerprint density at radius 3 is 2.11 bits per heavy atom. The van der Waals surface area contributed by atoms with Crippen LogP contribution < -0.4 is 0 Å². The molecule has 0 N–H and O–H groups in total. The van der Waals surface area contributed by atoms with Crippen molar-refractivity contribution in [2.24, 2.45) is 7.05 Å². The summed E-state index contributed by atoms with van der Waals surface area (Å²) in [7, 11) is 2.06. The van der Waals surface area contributed by atoms with Crippen molar-refractivity contribution in [1.82, 2.24) is 4.57 Å². The number of aryl methyl sites for hydroxylation is 1. The van der Waals surface area contributed by atoms with Crippen molar-refractivity contribution < 1.29 is 8.78 Å². The van der Waals surface area contributed by atoms with Gasteiger partial charge in [-0.1, -0.05) is 54.6 Å². The quantitative estimate of drug-likeness (QED) is 0.379. The minimum atomic E-state index is -0.253. The fourth-order valence-electron chi connectivity index (χ4n) is 3.77. The molecule has 3 aromatic carbocycles. The molecule has 4 rings (SSSR count). The number of fused-ring (bicyclic) bond motifs is 1. The van der Waals surface area contributed by atoms with Crippen LogP contribution >= 0.6 is 0 Å². The van der Waals surface area contributed by atoms with Gasteiger partial charge in [-0.25, -0.2) is 8.78 Å². The summed E-state index contributed by atoms with van der Waals surface area (Å²) in [6, 6.07) is 21.4. The molecule has 0 bridgehead atoms. The van der Waals surface area contributed by atoms with Gasteiger partial charge in [-0.15, -0.1) is 0 Å². The van der Waals surface area contributed by atoms with Crippen LogP contribution in [-0.4, -0.2) is 4.57 Å². The van der Waals surface area contributed by atoms with Crippen LogP contribution in [0.3, 0.4) is 0 Å². The summed E-state index contributed by atoms with van der Waals surface area (Å²) in [4.78, 5) is 0. The molecule has 0 spiro atoms. The molecule has 0 radical (unpaired) electrons. The van der Waals surface area contributed by atoms with Crippen molar-refractivity contribution in [2.45, 2.75) is 12.8 Å². The Morgan fingerprint density at radius 1 is 0.821 bits per heavy atom. The van der Waals surface area contributed by atoms with Gasteiger partial charge in [0.05, 0.1) is 0 Å². The zero-order chi connectivity index (χ0) is 19.7. The maximum absolute atomic E-state index is 13.5. The molecule has 0 aliphatic heterocycles. The minimum absolute atomic E-state index is 0.0447. The maximum atomic E-state index is 13.5. The van der Waals surface area contributed by atoms with E-state index in [9.17, 15) is 8.78 Å². The number of rotatable bonds is 4. The molecule has 0 saturated carbocycles. The first-order valence-corrected chi connectivity index (χ1v) is 9.28. The number of aromatic nitrogens is 1. The smallest absolute Gasteiger partial charge is 0.123 e. The summed E-state index contributed by atoms with van der Waals surface area (Å²) in [5, 5.41) is 1.18. The Kier molecular flexibility index (Phi) is 4.82. The van der Waals surface area contributed by atoms with Gasteiger partial charge in [-0.2, -0.15) is 0 Å². The third kappa shape index (κ3) is 3.36. The fourth-order valence-corrected chi connectivity index (χ4v) is 3.77. The molecule has 1 atom stereocenters. The highest BCUT2D eigenvalue weighted by Crippen LogP contribution is 2.36. The van der Waals surface area contributed by atoms with E-state index in [2.05, 4.69) is 36.7 Å². The van der Waals surface area contributed by atoms with Crippen molar-refractivity contribution in [3.05, 3.63) is 113 Å². The van der Waals surface area contributed by atoms with E-state index < -0.39 is 0 Å². The van der Waals surface area contributed by atoms with Crippen molar-refractivity contribution in [1.29, 1.82) is 0 Å². The number of hydrogen-bond donors (Lipinski definition) is 0. The summed E-state index contributed by atoms with van der Waals surface area (Å²) in [5.41, 5.74) is 5.46. The van der Waals surface area contributed by atoms with E-state index in [0.29, 0.717) is 0 Å². The minimum Gasteiger partial charge on any atom is -0.348 e. The van der Waals surface area contributed by atoms with E-state index in [-0.39, 0.29) is 17.6 Å². The lowest BCUT2D eigenvalue weighted by Crippen LogP contribution is -2.01. The van der Waals surface area contributed by atoms with E-state index in [1.165, 1.54) is 40.9 Å². The zero-order valence-electron chi connectivity index (χ0n) is 15.9.